The number of benzene rings is 3. The average Bonchev–Trinajstić information content (AvgIpc) is 3.04. The van der Waals surface area contributed by atoms with Crippen molar-refractivity contribution in [3.63, 3.8) is 0 Å². The molecule has 6 heteroatoms. The van der Waals surface area contributed by atoms with E-state index < -0.39 is 17.6 Å². The highest BCUT2D eigenvalue weighted by molar-refractivity contribution is 6.46. The Hall–Kier alpha value is -3.93. The number of amides is 2. The lowest BCUT2D eigenvalue weighted by molar-refractivity contribution is -0.120. The lowest BCUT2D eigenvalue weighted by Gasteiger charge is -2.16. The van der Waals surface area contributed by atoms with E-state index in [0.717, 1.165) is 16.9 Å². The van der Waals surface area contributed by atoms with Crippen LogP contribution in [0.15, 0.2) is 78.5 Å². The van der Waals surface area contributed by atoms with Gasteiger partial charge in [-0.3, -0.25) is 9.59 Å². The van der Waals surface area contributed by atoms with E-state index in [1.807, 2.05) is 38.1 Å². The molecule has 1 heterocycles. The van der Waals surface area contributed by atoms with Gasteiger partial charge in [-0.05, 0) is 55.3 Å². The van der Waals surface area contributed by atoms with Gasteiger partial charge in [0.2, 0.25) is 0 Å². The normalized spacial score (nSPS) is 13.7. The standard InChI is InChI=1S/C26H23FN2O3/c1-3-16-32-20-14-10-18(11-15-20)23-24(28-19-12-8-17(2)9-13-19)26(31)29(25(23)30)22-7-5-4-6-21(22)27/h4-15,28H,3,16H2,1-2H3. The molecule has 32 heavy (non-hydrogen) atoms. The van der Waals surface area contributed by atoms with Gasteiger partial charge >= 0.3 is 0 Å². The summed E-state index contributed by atoms with van der Waals surface area (Å²) in [5.74, 6) is -1.17. The highest BCUT2D eigenvalue weighted by Gasteiger charge is 2.41. The molecule has 1 N–H and O–H groups in total. The molecule has 0 radical (unpaired) electrons. The minimum Gasteiger partial charge on any atom is -0.494 e. The van der Waals surface area contributed by atoms with Crippen molar-refractivity contribution >= 4 is 28.8 Å². The summed E-state index contributed by atoms with van der Waals surface area (Å²) in [6, 6.07) is 20.2. The summed E-state index contributed by atoms with van der Waals surface area (Å²) in [6.07, 6.45) is 0.877. The van der Waals surface area contributed by atoms with Crippen molar-refractivity contribution in [1.82, 2.24) is 0 Å². The Morgan fingerprint density at radius 3 is 2.25 bits per heavy atom. The summed E-state index contributed by atoms with van der Waals surface area (Å²) >= 11 is 0. The predicted molar refractivity (Wildman–Crippen MR) is 123 cm³/mol. The molecule has 4 rings (SSSR count). The minimum atomic E-state index is -0.645. The van der Waals surface area contributed by atoms with Crippen LogP contribution in [-0.4, -0.2) is 18.4 Å². The molecule has 0 spiro atoms. The topological polar surface area (TPSA) is 58.6 Å². The van der Waals surface area contributed by atoms with E-state index in [-0.39, 0.29) is 17.0 Å². The molecular formula is C26H23FN2O3. The molecule has 3 aromatic carbocycles. The molecular weight excluding hydrogens is 407 g/mol. The molecule has 5 nitrogen and oxygen atoms in total. The molecule has 0 fully saturated rings. The molecule has 0 atom stereocenters. The number of ether oxygens (including phenoxy) is 1. The largest absolute Gasteiger partial charge is 0.494 e. The van der Waals surface area contributed by atoms with Gasteiger partial charge in [0, 0.05) is 5.69 Å². The number of anilines is 2. The number of carbonyl (C=O) groups is 2. The second-order valence-corrected chi connectivity index (χ2v) is 7.51. The number of imide groups is 1. The zero-order valence-corrected chi connectivity index (χ0v) is 17.9. The predicted octanol–water partition coefficient (Wildman–Crippen LogP) is 5.32. The van der Waals surface area contributed by atoms with Crippen molar-refractivity contribution in [3.05, 3.63) is 95.4 Å². The number of hydrogen-bond acceptors (Lipinski definition) is 4. The molecule has 0 aromatic heterocycles. The smallest absolute Gasteiger partial charge is 0.282 e. The van der Waals surface area contributed by atoms with Crippen LogP contribution in [-0.2, 0) is 9.59 Å². The molecule has 3 aromatic rings. The quantitative estimate of drug-likeness (QED) is 0.516. The molecule has 0 aliphatic carbocycles. The SMILES string of the molecule is CCCOc1ccc(C2=C(Nc3ccc(C)cc3)C(=O)N(c3ccccc3F)C2=O)cc1. The summed E-state index contributed by atoms with van der Waals surface area (Å²) in [6.45, 7) is 4.56. The first-order valence-corrected chi connectivity index (χ1v) is 10.4. The molecule has 0 unspecified atom stereocenters. The zero-order chi connectivity index (χ0) is 22.7. The lowest BCUT2D eigenvalue weighted by atomic mass is 10.0. The van der Waals surface area contributed by atoms with Crippen molar-refractivity contribution in [2.24, 2.45) is 0 Å². The average molecular weight is 430 g/mol. The number of nitrogens with zero attached hydrogens (tertiary/aromatic N) is 1. The van der Waals surface area contributed by atoms with Gasteiger partial charge in [0.15, 0.2) is 0 Å². The van der Waals surface area contributed by atoms with E-state index in [1.54, 1.807) is 30.3 Å². The van der Waals surface area contributed by atoms with Crippen LogP contribution in [0.2, 0.25) is 0 Å². The Balaban J connectivity index is 1.77. The summed E-state index contributed by atoms with van der Waals surface area (Å²) in [7, 11) is 0. The number of aryl methyl sites for hydroxylation is 1. The molecule has 1 aliphatic heterocycles. The number of rotatable bonds is 7. The Kier molecular flexibility index (Phi) is 6.03. The van der Waals surface area contributed by atoms with Gasteiger partial charge < -0.3 is 10.1 Å². The number of nitrogens with one attached hydrogen (secondary N) is 1. The van der Waals surface area contributed by atoms with Crippen LogP contribution in [0, 0.1) is 12.7 Å². The van der Waals surface area contributed by atoms with E-state index in [1.165, 1.54) is 18.2 Å². The highest BCUT2D eigenvalue weighted by atomic mass is 19.1. The second-order valence-electron chi connectivity index (χ2n) is 7.51. The van der Waals surface area contributed by atoms with E-state index >= 15 is 0 Å². The van der Waals surface area contributed by atoms with Crippen LogP contribution in [0.5, 0.6) is 5.75 Å². The number of carbonyl (C=O) groups excluding carboxylic acids is 2. The third-order valence-electron chi connectivity index (χ3n) is 5.11. The van der Waals surface area contributed by atoms with E-state index in [0.29, 0.717) is 23.6 Å². The van der Waals surface area contributed by atoms with Gasteiger partial charge in [-0.25, -0.2) is 9.29 Å². The van der Waals surface area contributed by atoms with Crippen LogP contribution < -0.4 is 15.0 Å². The molecule has 0 saturated heterocycles. The maximum atomic E-state index is 14.5. The molecule has 0 bridgehead atoms. The lowest BCUT2D eigenvalue weighted by Crippen LogP contribution is -2.33. The molecule has 1 aliphatic rings. The van der Waals surface area contributed by atoms with E-state index in [4.69, 9.17) is 4.74 Å². The van der Waals surface area contributed by atoms with E-state index in [2.05, 4.69) is 5.32 Å². The Morgan fingerprint density at radius 1 is 0.906 bits per heavy atom. The maximum absolute atomic E-state index is 14.5. The summed E-state index contributed by atoms with van der Waals surface area (Å²) < 4.78 is 20.1. The van der Waals surface area contributed by atoms with Crippen molar-refractivity contribution in [2.45, 2.75) is 20.3 Å². The van der Waals surface area contributed by atoms with Crippen LogP contribution >= 0.6 is 0 Å². The maximum Gasteiger partial charge on any atom is 0.282 e. The third-order valence-corrected chi connectivity index (χ3v) is 5.11. The Morgan fingerprint density at radius 2 is 1.59 bits per heavy atom. The third kappa shape index (κ3) is 4.12. The monoisotopic (exact) mass is 430 g/mol. The van der Waals surface area contributed by atoms with Crippen LogP contribution in [0.1, 0.15) is 24.5 Å². The first kappa shape index (κ1) is 21.3. The summed E-state index contributed by atoms with van der Waals surface area (Å²) in [4.78, 5) is 27.6. The van der Waals surface area contributed by atoms with Gasteiger partial charge in [-0.1, -0.05) is 48.9 Å². The number of halogens is 1. The highest BCUT2D eigenvalue weighted by Crippen LogP contribution is 2.35. The number of hydrogen-bond donors (Lipinski definition) is 1. The van der Waals surface area contributed by atoms with Gasteiger partial charge in [-0.2, -0.15) is 0 Å². The molecule has 0 saturated carbocycles. The molecule has 162 valence electrons. The van der Waals surface area contributed by atoms with E-state index in [9.17, 15) is 14.0 Å². The minimum absolute atomic E-state index is 0.0800. The van der Waals surface area contributed by atoms with Gasteiger partial charge in [0.1, 0.15) is 17.3 Å². The second kappa shape index (κ2) is 9.06. The Bertz CT molecular complexity index is 1180. The van der Waals surface area contributed by atoms with Crippen molar-refractivity contribution < 1.29 is 18.7 Å². The summed E-state index contributed by atoms with van der Waals surface area (Å²) in [5, 5.41) is 3.08. The van der Waals surface area contributed by atoms with Crippen molar-refractivity contribution in [3.8, 4) is 5.75 Å². The fourth-order valence-corrected chi connectivity index (χ4v) is 3.48. The van der Waals surface area contributed by atoms with Crippen molar-refractivity contribution in [1.29, 1.82) is 0 Å². The first-order chi connectivity index (χ1) is 15.5. The fourth-order valence-electron chi connectivity index (χ4n) is 3.48. The zero-order valence-electron chi connectivity index (χ0n) is 17.9. The van der Waals surface area contributed by atoms with Gasteiger partial charge in [0.05, 0.1) is 17.9 Å². The van der Waals surface area contributed by atoms with Crippen LogP contribution in [0.3, 0.4) is 0 Å². The van der Waals surface area contributed by atoms with Crippen LogP contribution in [0.25, 0.3) is 5.57 Å². The fraction of sp³-hybridized carbons (Fsp3) is 0.154. The first-order valence-electron chi connectivity index (χ1n) is 10.4. The van der Waals surface area contributed by atoms with Crippen molar-refractivity contribution in [2.75, 3.05) is 16.8 Å². The number of para-hydroxylation sites is 1. The van der Waals surface area contributed by atoms with Gasteiger partial charge in [0.25, 0.3) is 11.8 Å². The summed E-state index contributed by atoms with van der Waals surface area (Å²) in [5.41, 5.74) is 2.46. The Labute approximate surface area is 186 Å². The molecule has 2 amide bonds. The van der Waals surface area contributed by atoms with Gasteiger partial charge in [-0.15, -0.1) is 0 Å². The van der Waals surface area contributed by atoms with Crippen LogP contribution in [0.4, 0.5) is 15.8 Å².